The van der Waals surface area contributed by atoms with E-state index in [0.29, 0.717) is 5.54 Å². The van der Waals surface area contributed by atoms with Crippen LogP contribution in [-0.4, -0.2) is 43.1 Å². The summed E-state index contributed by atoms with van der Waals surface area (Å²) in [7, 11) is 6.45. The molecule has 1 saturated carbocycles. The molecule has 3 heteroatoms. The van der Waals surface area contributed by atoms with Gasteiger partial charge in [-0.15, -0.1) is 0 Å². The van der Waals surface area contributed by atoms with Crippen LogP contribution in [0.25, 0.3) is 0 Å². The molecule has 2 rings (SSSR count). The third-order valence-electron chi connectivity index (χ3n) is 3.35. The normalized spacial score (nSPS) is 17.9. The van der Waals surface area contributed by atoms with E-state index < -0.39 is 0 Å². The Labute approximate surface area is 91.7 Å². The van der Waals surface area contributed by atoms with Gasteiger partial charge >= 0.3 is 0 Å². The van der Waals surface area contributed by atoms with Crippen LogP contribution in [0.5, 0.6) is 0 Å². The number of nitrogens with zero attached hydrogens (tertiary/aromatic N) is 3. The van der Waals surface area contributed by atoms with Gasteiger partial charge in [0.15, 0.2) is 0 Å². The Morgan fingerprint density at radius 1 is 1.27 bits per heavy atom. The molecule has 1 aromatic heterocycles. The van der Waals surface area contributed by atoms with Crippen molar-refractivity contribution in [3.63, 3.8) is 0 Å². The molecule has 0 radical (unpaired) electrons. The average molecular weight is 205 g/mol. The average Bonchev–Trinajstić information content (AvgIpc) is 3.00. The summed E-state index contributed by atoms with van der Waals surface area (Å²) < 4.78 is 0. The largest absolute Gasteiger partial charge is 0.358 e. The van der Waals surface area contributed by atoms with Gasteiger partial charge in [-0.1, -0.05) is 6.07 Å². The Kier molecular flexibility index (Phi) is 2.65. The summed E-state index contributed by atoms with van der Waals surface area (Å²) in [4.78, 5) is 8.94. The number of pyridine rings is 1. The highest BCUT2D eigenvalue weighted by Gasteiger charge is 2.45. The molecule has 0 N–H and O–H groups in total. The van der Waals surface area contributed by atoms with E-state index in [4.69, 9.17) is 0 Å². The SMILES string of the molecule is CN(CC1(N(C)C)CC1)c1ccccn1. The molecule has 1 aliphatic rings. The molecule has 0 aromatic carbocycles. The highest BCUT2D eigenvalue weighted by molar-refractivity contribution is 5.38. The summed E-state index contributed by atoms with van der Waals surface area (Å²) in [6.07, 6.45) is 4.45. The van der Waals surface area contributed by atoms with E-state index in [1.54, 1.807) is 0 Å². The van der Waals surface area contributed by atoms with Crippen LogP contribution in [0.3, 0.4) is 0 Å². The maximum atomic E-state index is 4.36. The van der Waals surface area contributed by atoms with Gasteiger partial charge in [0, 0.05) is 25.3 Å². The molecule has 1 heterocycles. The topological polar surface area (TPSA) is 19.4 Å². The lowest BCUT2D eigenvalue weighted by Crippen LogP contribution is -2.41. The van der Waals surface area contributed by atoms with E-state index in [1.807, 2.05) is 18.3 Å². The zero-order chi connectivity index (χ0) is 10.9. The molecule has 0 unspecified atom stereocenters. The molecule has 0 spiro atoms. The van der Waals surface area contributed by atoms with Crippen LogP contribution in [-0.2, 0) is 0 Å². The Bertz CT molecular complexity index is 317. The van der Waals surface area contributed by atoms with Crippen LogP contribution < -0.4 is 4.90 Å². The fraction of sp³-hybridized carbons (Fsp3) is 0.583. The molecule has 0 aliphatic heterocycles. The van der Waals surface area contributed by atoms with E-state index in [0.717, 1.165) is 12.4 Å². The van der Waals surface area contributed by atoms with Crippen molar-refractivity contribution in [2.75, 3.05) is 32.6 Å². The Balaban J connectivity index is 2.02. The summed E-state index contributed by atoms with van der Waals surface area (Å²) in [5, 5.41) is 0. The predicted octanol–water partition coefficient (Wildman–Crippen LogP) is 1.61. The van der Waals surface area contributed by atoms with Gasteiger partial charge < -0.3 is 9.80 Å². The number of hydrogen-bond donors (Lipinski definition) is 0. The van der Waals surface area contributed by atoms with Crippen molar-refractivity contribution in [2.45, 2.75) is 18.4 Å². The highest BCUT2D eigenvalue weighted by atomic mass is 15.3. The predicted molar refractivity (Wildman–Crippen MR) is 63.2 cm³/mol. The Morgan fingerprint density at radius 3 is 2.47 bits per heavy atom. The van der Waals surface area contributed by atoms with Crippen molar-refractivity contribution in [1.29, 1.82) is 0 Å². The van der Waals surface area contributed by atoms with Crippen LogP contribution in [0.15, 0.2) is 24.4 Å². The van der Waals surface area contributed by atoms with E-state index in [2.05, 4.69) is 42.0 Å². The molecule has 15 heavy (non-hydrogen) atoms. The van der Waals surface area contributed by atoms with Crippen LogP contribution in [0, 0.1) is 0 Å². The molecule has 0 saturated heterocycles. The monoisotopic (exact) mass is 205 g/mol. The maximum Gasteiger partial charge on any atom is 0.128 e. The van der Waals surface area contributed by atoms with Crippen LogP contribution >= 0.6 is 0 Å². The van der Waals surface area contributed by atoms with Crippen molar-refractivity contribution in [3.05, 3.63) is 24.4 Å². The van der Waals surface area contributed by atoms with E-state index in [-0.39, 0.29) is 0 Å². The van der Waals surface area contributed by atoms with Crippen LogP contribution in [0.1, 0.15) is 12.8 Å². The minimum Gasteiger partial charge on any atom is -0.358 e. The van der Waals surface area contributed by atoms with Gasteiger partial charge in [0.2, 0.25) is 0 Å². The number of hydrogen-bond acceptors (Lipinski definition) is 3. The third-order valence-corrected chi connectivity index (χ3v) is 3.35. The van der Waals surface area contributed by atoms with Crippen molar-refractivity contribution >= 4 is 5.82 Å². The van der Waals surface area contributed by atoms with E-state index in [9.17, 15) is 0 Å². The first-order chi connectivity index (χ1) is 7.14. The fourth-order valence-corrected chi connectivity index (χ4v) is 1.99. The number of likely N-dealkylation sites (N-methyl/N-ethyl adjacent to an activating group) is 2. The highest BCUT2D eigenvalue weighted by Crippen LogP contribution is 2.40. The van der Waals surface area contributed by atoms with Crippen LogP contribution in [0.2, 0.25) is 0 Å². The second-order valence-corrected chi connectivity index (χ2v) is 4.66. The molecular formula is C12H19N3. The second-order valence-electron chi connectivity index (χ2n) is 4.66. The smallest absolute Gasteiger partial charge is 0.128 e. The minimum atomic E-state index is 0.395. The van der Waals surface area contributed by atoms with Gasteiger partial charge in [-0.25, -0.2) is 4.98 Å². The lowest BCUT2D eigenvalue weighted by atomic mass is 10.2. The molecule has 1 aromatic rings. The molecule has 1 fully saturated rings. The molecular weight excluding hydrogens is 186 g/mol. The quantitative estimate of drug-likeness (QED) is 0.744. The standard InChI is InChI=1S/C12H19N3/c1-14(2)12(7-8-12)10-15(3)11-6-4-5-9-13-11/h4-6,9H,7-8,10H2,1-3H3. The first kappa shape index (κ1) is 10.4. The molecule has 0 bridgehead atoms. The summed E-state index contributed by atoms with van der Waals surface area (Å²) >= 11 is 0. The maximum absolute atomic E-state index is 4.36. The lowest BCUT2D eigenvalue weighted by molar-refractivity contribution is 0.275. The molecule has 82 valence electrons. The van der Waals surface area contributed by atoms with Gasteiger partial charge in [-0.3, -0.25) is 0 Å². The van der Waals surface area contributed by atoms with Crippen molar-refractivity contribution in [1.82, 2.24) is 9.88 Å². The zero-order valence-electron chi connectivity index (χ0n) is 9.77. The number of aromatic nitrogens is 1. The van der Waals surface area contributed by atoms with Crippen molar-refractivity contribution in [2.24, 2.45) is 0 Å². The van der Waals surface area contributed by atoms with E-state index in [1.165, 1.54) is 12.8 Å². The summed E-state index contributed by atoms with van der Waals surface area (Å²) in [5.41, 5.74) is 0.395. The second kappa shape index (κ2) is 3.81. The van der Waals surface area contributed by atoms with Crippen molar-refractivity contribution < 1.29 is 0 Å². The van der Waals surface area contributed by atoms with Crippen LogP contribution in [0.4, 0.5) is 5.82 Å². The number of anilines is 1. The summed E-state index contributed by atoms with van der Waals surface area (Å²) in [6.45, 7) is 1.07. The lowest BCUT2D eigenvalue weighted by Gasteiger charge is -2.29. The number of rotatable bonds is 4. The van der Waals surface area contributed by atoms with Crippen molar-refractivity contribution in [3.8, 4) is 0 Å². The van der Waals surface area contributed by atoms with Gasteiger partial charge in [0.25, 0.3) is 0 Å². The third kappa shape index (κ3) is 2.12. The first-order valence-electron chi connectivity index (χ1n) is 5.44. The summed E-state index contributed by atoms with van der Waals surface area (Å²) in [5.74, 6) is 1.06. The first-order valence-corrected chi connectivity index (χ1v) is 5.44. The molecule has 0 amide bonds. The van der Waals surface area contributed by atoms with Gasteiger partial charge in [-0.2, -0.15) is 0 Å². The van der Waals surface area contributed by atoms with Gasteiger partial charge in [0.1, 0.15) is 5.82 Å². The van der Waals surface area contributed by atoms with Gasteiger partial charge in [0.05, 0.1) is 0 Å². The molecule has 3 nitrogen and oxygen atoms in total. The fourth-order valence-electron chi connectivity index (χ4n) is 1.99. The van der Waals surface area contributed by atoms with Gasteiger partial charge in [-0.05, 0) is 39.1 Å². The molecule has 1 aliphatic carbocycles. The minimum absolute atomic E-state index is 0.395. The zero-order valence-corrected chi connectivity index (χ0v) is 9.77. The Hall–Kier alpha value is -1.09. The Morgan fingerprint density at radius 2 is 2.00 bits per heavy atom. The summed E-state index contributed by atoms with van der Waals surface area (Å²) in [6, 6.07) is 6.05. The molecule has 0 atom stereocenters. The van der Waals surface area contributed by atoms with E-state index >= 15 is 0 Å².